The first-order valence-corrected chi connectivity index (χ1v) is 12.9. The lowest BCUT2D eigenvalue weighted by Gasteiger charge is -2.23. The van der Waals surface area contributed by atoms with Gasteiger partial charge in [0.1, 0.15) is 23.9 Å². The van der Waals surface area contributed by atoms with Gasteiger partial charge < -0.3 is 14.4 Å². The minimum absolute atomic E-state index is 0.213. The second-order valence-corrected chi connectivity index (χ2v) is 9.96. The molecule has 0 radical (unpaired) electrons. The molecule has 0 amide bonds. The highest BCUT2D eigenvalue weighted by Gasteiger charge is 2.47. The van der Waals surface area contributed by atoms with Crippen LogP contribution >= 0.6 is 0 Å². The van der Waals surface area contributed by atoms with Crippen molar-refractivity contribution in [1.29, 1.82) is 0 Å². The SMILES string of the molecule is CCOc1cc(C[NH+]2CC[C@H]3C(CC(=O)c4cccnc4)CC[C@H]32)cc(OC)c1-c1ccc(F)cc1. The molecule has 5 nitrogen and oxygen atoms in total. The van der Waals surface area contributed by atoms with Gasteiger partial charge in [0.05, 0.1) is 31.9 Å². The highest BCUT2D eigenvalue weighted by atomic mass is 19.1. The highest BCUT2D eigenvalue weighted by molar-refractivity contribution is 5.95. The number of quaternary nitrogens is 1. The Morgan fingerprint density at radius 2 is 1.92 bits per heavy atom. The predicted molar refractivity (Wildman–Crippen MR) is 137 cm³/mol. The van der Waals surface area contributed by atoms with Gasteiger partial charge in [-0.15, -0.1) is 0 Å². The first kappa shape index (κ1) is 24.4. The maximum Gasteiger partial charge on any atom is 0.164 e. The summed E-state index contributed by atoms with van der Waals surface area (Å²) < 4.78 is 25.3. The Morgan fingerprint density at radius 1 is 1.11 bits per heavy atom. The van der Waals surface area contributed by atoms with E-state index in [1.54, 1.807) is 36.5 Å². The number of methoxy groups -OCH3 is 1. The Hall–Kier alpha value is -3.25. The van der Waals surface area contributed by atoms with E-state index < -0.39 is 0 Å². The van der Waals surface area contributed by atoms with Crippen molar-refractivity contribution in [2.45, 2.75) is 45.2 Å². The molecule has 188 valence electrons. The number of hydrogen-bond acceptors (Lipinski definition) is 4. The number of benzene rings is 2. The van der Waals surface area contributed by atoms with Crippen LogP contribution in [0.25, 0.3) is 11.1 Å². The lowest BCUT2D eigenvalue weighted by atomic mass is 9.88. The molecular weight excluding hydrogens is 455 g/mol. The Balaban J connectivity index is 1.32. The molecule has 5 rings (SSSR count). The summed E-state index contributed by atoms with van der Waals surface area (Å²) in [6.07, 6.45) is 7.44. The zero-order chi connectivity index (χ0) is 25.1. The van der Waals surface area contributed by atoms with Crippen molar-refractivity contribution in [2.75, 3.05) is 20.3 Å². The molecule has 6 heteroatoms. The van der Waals surface area contributed by atoms with E-state index in [0.717, 1.165) is 60.5 Å². The van der Waals surface area contributed by atoms with Crippen LogP contribution in [-0.4, -0.2) is 37.1 Å². The van der Waals surface area contributed by atoms with Crippen LogP contribution in [0.15, 0.2) is 60.9 Å². The molecule has 0 spiro atoms. The zero-order valence-corrected chi connectivity index (χ0v) is 21.0. The summed E-state index contributed by atoms with van der Waals surface area (Å²) in [4.78, 5) is 18.5. The molecular formula is C30H34FN2O3+. The fraction of sp³-hybridized carbons (Fsp3) is 0.400. The van der Waals surface area contributed by atoms with E-state index in [-0.39, 0.29) is 11.6 Å². The average Bonchev–Trinajstić information content (AvgIpc) is 3.48. The summed E-state index contributed by atoms with van der Waals surface area (Å²) in [7, 11) is 1.67. The minimum Gasteiger partial charge on any atom is -0.496 e. The lowest BCUT2D eigenvalue weighted by Crippen LogP contribution is -3.12. The van der Waals surface area contributed by atoms with Gasteiger partial charge in [-0.3, -0.25) is 9.78 Å². The topological polar surface area (TPSA) is 52.9 Å². The second-order valence-electron chi connectivity index (χ2n) is 9.96. The number of carbonyl (C=O) groups excluding carboxylic acids is 1. The number of nitrogens with one attached hydrogen (secondary N) is 1. The van der Waals surface area contributed by atoms with Crippen molar-refractivity contribution in [3.63, 3.8) is 0 Å². The number of rotatable bonds is 9. The van der Waals surface area contributed by atoms with Gasteiger partial charge in [-0.2, -0.15) is 0 Å². The van der Waals surface area contributed by atoms with E-state index in [4.69, 9.17) is 9.47 Å². The minimum atomic E-state index is -0.267. The Bertz CT molecular complexity index is 1200. The number of ketones is 1. The molecule has 1 aliphatic carbocycles. The maximum atomic E-state index is 13.5. The smallest absolute Gasteiger partial charge is 0.164 e. The molecule has 1 saturated heterocycles. The van der Waals surface area contributed by atoms with Crippen molar-refractivity contribution in [2.24, 2.45) is 11.8 Å². The Labute approximate surface area is 212 Å². The van der Waals surface area contributed by atoms with E-state index in [1.807, 2.05) is 19.1 Å². The van der Waals surface area contributed by atoms with Gasteiger partial charge in [0.25, 0.3) is 0 Å². The van der Waals surface area contributed by atoms with Crippen molar-refractivity contribution >= 4 is 5.78 Å². The van der Waals surface area contributed by atoms with E-state index in [0.29, 0.717) is 30.9 Å². The summed E-state index contributed by atoms with van der Waals surface area (Å²) in [5.41, 5.74) is 3.62. The summed E-state index contributed by atoms with van der Waals surface area (Å²) in [5, 5.41) is 0. The van der Waals surface area contributed by atoms with Gasteiger partial charge >= 0.3 is 0 Å². The van der Waals surface area contributed by atoms with Crippen LogP contribution in [0.5, 0.6) is 11.5 Å². The van der Waals surface area contributed by atoms with Crippen LogP contribution in [0.2, 0.25) is 0 Å². The van der Waals surface area contributed by atoms with Crippen LogP contribution < -0.4 is 14.4 Å². The van der Waals surface area contributed by atoms with Crippen molar-refractivity contribution < 1.29 is 23.6 Å². The van der Waals surface area contributed by atoms with E-state index in [1.165, 1.54) is 17.7 Å². The number of pyridine rings is 1. The molecule has 2 aromatic carbocycles. The highest BCUT2D eigenvalue weighted by Crippen LogP contribution is 2.41. The number of likely N-dealkylation sites (tertiary alicyclic amines) is 1. The van der Waals surface area contributed by atoms with Crippen molar-refractivity contribution in [3.8, 4) is 22.6 Å². The fourth-order valence-electron chi connectivity index (χ4n) is 6.33. The van der Waals surface area contributed by atoms with Gasteiger partial charge in [-0.25, -0.2) is 4.39 Å². The van der Waals surface area contributed by atoms with Crippen LogP contribution in [0.1, 0.15) is 48.5 Å². The number of halogens is 1. The van der Waals surface area contributed by atoms with E-state index >= 15 is 0 Å². The molecule has 3 aromatic rings. The number of nitrogens with zero attached hydrogens (tertiary/aromatic N) is 1. The van der Waals surface area contributed by atoms with Crippen LogP contribution in [0.3, 0.4) is 0 Å². The lowest BCUT2D eigenvalue weighted by molar-refractivity contribution is -0.927. The van der Waals surface area contributed by atoms with E-state index in [2.05, 4.69) is 17.1 Å². The number of ether oxygens (including phenoxy) is 2. The third-order valence-electron chi connectivity index (χ3n) is 7.93. The number of Topliss-reactive ketones (excluding diaryl/α,β-unsaturated/α-hetero) is 1. The summed E-state index contributed by atoms with van der Waals surface area (Å²) in [6, 6.07) is 14.9. The van der Waals surface area contributed by atoms with Gasteiger partial charge in [0.2, 0.25) is 0 Å². The maximum absolute atomic E-state index is 13.5. The number of hydrogen-bond donors (Lipinski definition) is 1. The molecule has 36 heavy (non-hydrogen) atoms. The first-order valence-electron chi connectivity index (χ1n) is 12.9. The normalized spacial score (nSPS) is 22.9. The van der Waals surface area contributed by atoms with Crippen LogP contribution in [0.4, 0.5) is 4.39 Å². The van der Waals surface area contributed by atoms with Gasteiger partial charge in [-0.1, -0.05) is 12.1 Å². The van der Waals surface area contributed by atoms with Gasteiger partial charge in [-0.05, 0) is 67.6 Å². The van der Waals surface area contributed by atoms with Crippen molar-refractivity contribution in [1.82, 2.24) is 4.98 Å². The second kappa shape index (κ2) is 10.8. The monoisotopic (exact) mass is 489 g/mol. The molecule has 1 aliphatic heterocycles. The molecule has 1 aromatic heterocycles. The quantitative estimate of drug-likeness (QED) is 0.441. The molecule has 4 atom stereocenters. The third kappa shape index (κ3) is 5.00. The number of fused-ring (bicyclic) bond motifs is 1. The number of aromatic nitrogens is 1. The average molecular weight is 490 g/mol. The molecule has 2 aliphatic rings. The molecule has 2 fully saturated rings. The van der Waals surface area contributed by atoms with Gasteiger partial charge in [0.15, 0.2) is 5.78 Å². The van der Waals surface area contributed by atoms with Crippen molar-refractivity contribution in [3.05, 3.63) is 77.9 Å². The Morgan fingerprint density at radius 3 is 2.64 bits per heavy atom. The molecule has 2 heterocycles. The summed E-state index contributed by atoms with van der Waals surface area (Å²) in [5.74, 6) is 2.49. The molecule has 2 unspecified atom stereocenters. The third-order valence-corrected chi connectivity index (χ3v) is 7.93. The predicted octanol–water partition coefficient (Wildman–Crippen LogP) is 4.75. The van der Waals surface area contributed by atoms with E-state index in [9.17, 15) is 9.18 Å². The zero-order valence-electron chi connectivity index (χ0n) is 21.0. The Kier molecular flexibility index (Phi) is 7.33. The largest absolute Gasteiger partial charge is 0.496 e. The molecule has 1 N–H and O–H groups in total. The molecule has 0 bridgehead atoms. The van der Waals surface area contributed by atoms with Crippen LogP contribution in [0, 0.1) is 17.7 Å². The number of carbonyl (C=O) groups is 1. The summed E-state index contributed by atoms with van der Waals surface area (Å²) >= 11 is 0. The molecule has 1 saturated carbocycles. The first-order chi connectivity index (χ1) is 17.6. The van der Waals surface area contributed by atoms with Crippen LogP contribution in [-0.2, 0) is 6.54 Å². The van der Waals surface area contributed by atoms with Gasteiger partial charge in [0, 0.05) is 42.3 Å². The summed E-state index contributed by atoms with van der Waals surface area (Å²) in [6.45, 7) is 4.51. The fourth-order valence-corrected chi connectivity index (χ4v) is 6.33. The standard InChI is InChI=1S/C30H33FN2O3/c1-3-36-29-16-20(15-28(35-2)30(29)21-6-9-24(31)10-7-21)19-33-14-12-25-22(8-11-26(25)33)17-27(34)23-5-4-13-32-18-23/h4-7,9-10,13,15-16,18,22,25-26H,3,8,11-12,14,17,19H2,1-2H3/p+1/t22?,25-,26+/m0/s1.